The first-order chi connectivity index (χ1) is 17.9. The number of carboxylic acids is 1. The number of thiophene rings is 1. The van der Waals surface area contributed by atoms with Crippen LogP contribution < -0.4 is 16.0 Å². The van der Waals surface area contributed by atoms with E-state index in [2.05, 4.69) is 12.2 Å². The fraction of sp³-hybridized carbons (Fsp3) is 0.286. The molecule has 0 saturated heterocycles. The van der Waals surface area contributed by atoms with E-state index in [1.54, 1.807) is 28.0 Å². The summed E-state index contributed by atoms with van der Waals surface area (Å²) in [4.78, 5) is 45.0. The standard InChI is InChI=1S/C28H27N3O4S2/c1-17-12-13-20-22(14-17)37-25-24(20)26(33)31(19-10-6-3-7-11-19)28(30-25)36-16-23(32)29-21(27(34)35)15-18-8-4-2-5-9-18/h2-11,17,21H,12-16H2,1H3,(H,29,32)(H,34,35)/p-1. The zero-order chi connectivity index (χ0) is 25.9. The van der Waals surface area contributed by atoms with Crippen molar-refractivity contribution in [1.29, 1.82) is 0 Å². The van der Waals surface area contributed by atoms with E-state index in [4.69, 9.17) is 4.98 Å². The first-order valence-electron chi connectivity index (χ1n) is 12.2. The van der Waals surface area contributed by atoms with Gasteiger partial charge in [-0.1, -0.05) is 67.2 Å². The van der Waals surface area contributed by atoms with Gasteiger partial charge in [-0.2, -0.15) is 0 Å². The quantitative estimate of drug-likeness (QED) is 0.276. The van der Waals surface area contributed by atoms with Gasteiger partial charge in [0.1, 0.15) is 4.83 Å². The van der Waals surface area contributed by atoms with Gasteiger partial charge in [0.05, 0.1) is 28.8 Å². The summed E-state index contributed by atoms with van der Waals surface area (Å²) in [6, 6.07) is 17.2. The van der Waals surface area contributed by atoms with Crippen molar-refractivity contribution in [2.75, 3.05) is 5.75 Å². The van der Waals surface area contributed by atoms with Crippen LogP contribution in [0.4, 0.5) is 0 Å². The van der Waals surface area contributed by atoms with E-state index in [9.17, 15) is 19.5 Å². The minimum absolute atomic E-state index is 0.0918. The van der Waals surface area contributed by atoms with Crippen molar-refractivity contribution < 1.29 is 14.7 Å². The average molecular weight is 533 g/mol. The lowest BCUT2D eigenvalue weighted by Crippen LogP contribution is -2.49. The Kier molecular flexibility index (Phi) is 7.43. The molecule has 37 heavy (non-hydrogen) atoms. The molecular formula is C28H26N3O4S2-. The van der Waals surface area contributed by atoms with Crippen LogP contribution in [0.2, 0.25) is 0 Å². The lowest BCUT2D eigenvalue weighted by Gasteiger charge is -2.20. The van der Waals surface area contributed by atoms with Gasteiger partial charge in [-0.05, 0) is 54.9 Å². The van der Waals surface area contributed by atoms with Crippen LogP contribution >= 0.6 is 23.1 Å². The molecule has 2 aromatic carbocycles. The lowest BCUT2D eigenvalue weighted by molar-refractivity contribution is -0.308. The third-order valence-corrected chi connectivity index (χ3v) is 8.63. The maximum atomic E-state index is 13.8. The number of hydrogen-bond donors (Lipinski definition) is 1. The number of fused-ring (bicyclic) bond motifs is 3. The predicted molar refractivity (Wildman–Crippen MR) is 144 cm³/mol. The van der Waals surface area contributed by atoms with Crippen molar-refractivity contribution in [1.82, 2.24) is 14.9 Å². The molecule has 190 valence electrons. The highest BCUT2D eigenvalue weighted by molar-refractivity contribution is 7.99. The maximum Gasteiger partial charge on any atom is 0.267 e. The summed E-state index contributed by atoms with van der Waals surface area (Å²) in [5.41, 5.74) is 2.42. The molecule has 2 unspecified atom stereocenters. The van der Waals surface area contributed by atoms with Gasteiger partial charge in [0.25, 0.3) is 5.56 Å². The number of benzene rings is 2. The van der Waals surface area contributed by atoms with Gasteiger partial charge in [0.15, 0.2) is 5.16 Å². The number of aliphatic carboxylic acids is 1. The normalized spacial score (nSPS) is 15.8. The van der Waals surface area contributed by atoms with Gasteiger partial charge >= 0.3 is 0 Å². The van der Waals surface area contributed by atoms with E-state index in [-0.39, 0.29) is 17.7 Å². The number of nitrogens with zero attached hydrogens (tertiary/aromatic N) is 2. The topological polar surface area (TPSA) is 104 Å². The number of nitrogens with one attached hydrogen (secondary N) is 1. The van der Waals surface area contributed by atoms with Crippen LogP contribution in [0.1, 0.15) is 29.3 Å². The maximum absolute atomic E-state index is 13.8. The van der Waals surface area contributed by atoms with Gasteiger partial charge < -0.3 is 15.2 Å². The number of rotatable bonds is 8. The SMILES string of the molecule is CC1CCc2c(sc3nc(SCC(=O)NC(Cc4ccccc4)C(=O)[O-])n(-c4ccccc4)c(=O)c23)C1. The van der Waals surface area contributed by atoms with Gasteiger partial charge in [0, 0.05) is 4.88 Å². The van der Waals surface area contributed by atoms with Crippen molar-refractivity contribution >= 4 is 45.2 Å². The number of carbonyl (C=O) groups is 2. The first kappa shape index (κ1) is 25.2. The van der Waals surface area contributed by atoms with Crippen LogP contribution in [0.3, 0.4) is 0 Å². The second-order valence-electron chi connectivity index (χ2n) is 9.32. The minimum Gasteiger partial charge on any atom is -0.548 e. The summed E-state index contributed by atoms with van der Waals surface area (Å²) in [6.07, 6.45) is 2.97. The zero-order valence-corrected chi connectivity index (χ0v) is 21.9. The van der Waals surface area contributed by atoms with Crippen molar-refractivity contribution in [3.8, 4) is 5.69 Å². The highest BCUT2D eigenvalue weighted by Gasteiger charge is 2.25. The number of carboxylic acid groups (broad SMARTS) is 1. The number of carbonyl (C=O) groups excluding carboxylic acids is 2. The summed E-state index contributed by atoms with van der Waals surface area (Å²) >= 11 is 2.68. The number of hydrogen-bond acceptors (Lipinski definition) is 7. The average Bonchev–Trinajstić information content (AvgIpc) is 3.25. The number of amides is 1. The zero-order valence-electron chi connectivity index (χ0n) is 20.3. The Morgan fingerprint density at radius 3 is 2.57 bits per heavy atom. The van der Waals surface area contributed by atoms with E-state index in [0.29, 0.717) is 27.0 Å². The van der Waals surface area contributed by atoms with Gasteiger partial charge in [-0.15, -0.1) is 11.3 Å². The fourth-order valence-electron chi connectivity index (χ4n) is 4.68. The molecule has 2 aromatic heterocycles. The van der Waals surface area contributed by atoms with Crippen molar-refractivity contribution in [3.63, 3.8) is 0 Å². The highest BCUT2D eigenvalue weighted by Crippen LogP contribution is 2.37. The van der Waals surface area contributed by atoms with E-state index >= 15 is 0 Å². The smallest absolute Gasteiger partial charge is 0.267 e. The molecule has 0 aliphatic heterocycles. The van der Waals surface area contributed by atoms with Crippen LogP contribution in [0, 0.1) is 5.92 Å². The summed E-state index contributed by atoms with van der Waals surface area (Å²) in [6.45, 7) is 2.22. The Balaban J connectivity index is 1.43. The second kappa shape index (κ2) is 10.9. The Hall–Kier alpha value is -3.43. The Morgan fingerprint density at radius 2 is 1.86 bits per heavy atom. The van der Waals surface area contributed by atoms with Crippen LogP contribution in [-0.2, 0) is 28.9 Å². The molecule has 4 aromatic rings. The fourth-order valence-corrected chi connectivity index (χ4v) is 6.93. The number of aryl methyl sites for hydroxylation is 1. The monoisotopic (exact) mass is 532 g/mol. The molecule has 0 spiro atoms. The molecule has 2 atom stereocenters. The van der Waals surface area contributed by atoms with Crippen LogP contribution in [-0.4, -0.2) is 33.2 Å². The molecule has 1 aliphatic rings. The largest absolute Gasteiger partial charge is 0.548 e. The lowest BCUT2D eigenvalue weighted by atomic mass is 9.89. The third-order valence-electron chi connectivity index (χ3n) is 6.55. The van der Waals surface area contributed by atoms with Gasteiger partial charge in [-0.3, -0.25) is 14.2 Å². The molecule has 1 amide bonds. The predicted octanol–water partition coefficient (Wildman–Crippen LogP) is 3.14. The first-order valence-corrected chi connectivity index (χ1v) is 14.0. The Bertz CT molecular complexity index is 1500. The summed E-state index contributed by atoms with van der Waals surface area (Å²) in [5.74, 6) is -1.34. The summed E-state index contributed by atoms with van der Waals surface area (Å²) in [5, 5.41) is 15.3. The van der Waals surface area contributed by atoms with Crippen molar-refractivity contribution in [2.24, 2.45) is 5.92 Å². The van der Waals surface area contributed by atoms with Crippen LogP contribution in [0.5, 0.6) is 0 Å². The second-order valence-corrected chi connectivity index (χ2v) is 11.3. The minimum atomic E-state index is -1.35. The van der Waals surface area contributed by atoms with Gasteiger partial charge in [0.2, 0.25) is 5.91 Å². The molecule has 2 heterocycles. The van der Waals surface area contributed by atoms with E-state index < -0.39 is 17.9 Å². The van der Waals surface area contributed by atoms with Gasteiger partial charge in [-0.25, -0.2) is 4.98 Å². The van der Waals surface area contributed by atoms with Crippen molar-refractivity contribution in [2.45, 2.75) is 43.8 Å². The highest BCUT2D eigenvalue weighted by atomic mass is 32.2. The Labute approximate surface area is 222 Å². The molecule has 0 saturated carbocycles. The molecule has 0 bridgehead atoms. The molecule has 0 radical (unpaired) electrons. The van der Waals surface area contributed by atoms with E-state index in [0.717, 1.165) is 42.2 Å². The molecule has 0 fully saturated rings. The Morgan fingerprint density at radius 1 is 1.16 bits per heavy atom. The van der Waals surface area contributed by atoms with E-state index in [1.165, 1.54) is 4.88 Å². The molecule has 9 heteroatoms. The number of para-hydroxylation sites is 1. The number of aromatic nitrogens is 2. The summed E-state index contributed by atoms with van der Waals surface area (Å²) < 4.78 is 1.56. The number of thioether (sulfide) groups is 1. The molecule has 1 aliphatic carbocycles. The molecule has 1 N–H and O–H groups in total. The molecular weight excluding hydrogens is 506 g/mol. The van der Waals surface area contributed by atoms with E-state index in [1.807, 2.05) is 48.5 Å². The molecule has 7 nitrogen and oxygen atoms in total. The van der Waals surface area contributed by atoms with Crippen molar-refractivity contribution in [3.05, 3.63) is 87.0 Å². The molecule has 5 rings (SSSR count). The third kappa shape index (κ3) is 5.47. The van der Waals surface area contributed by atoms with Crippen LogP contribution in [0.25, 0.3) is 15.9 Å². The summed E-state index contributed by atoms with van der Waals surface area (Å²) in [7, 11) is 0. The van der Waals surface area contributed by atoms with Crippen LogP contribution in [0.15, 0.2) is 70.6 Å².